The first kappa shape index (κ1) is 9.93. The van der Waals surface area contributed by atoms with Crippen molar-refractivity contribution in [2.45, 2.75) is 25.6 Å². The summed E-state index contributed by atoms with van der Waals surface area (Å²) < 4.78 is 15.9. The van der Waals surface area contributed by atoms with E-state index in [1.165, 1.54) is 7.11 Å². The Hall–Kier alpha value is -0.610. The highest BCUT2D eigenvalue weighted by Gasteiger charge is 2.50. The van der Waals surface area contributed by atoms with Gasteiger partial charge in [-0.25, -0.2) is 0 Å². The van der Waals surface area contributed by atoms with E-state index in [2.05, 4.69) is 0 Å². The molecule has 80 valence electrons. The molecule has 2 atom stereocenters. The van der Waals surface area contributed by atoms with Crippen LogP contribution in [0, 0.1) is 11.8 Å². The first-order valence-electron chi connectivity index (χ1n) is 5.03. The second-order valence-corrected chi connectivity index (χ2v) is 4.12. The fourth-order valence-electron chi connectivity index (χ4n) is 2.45. The first-order chi connectivity index (χ1) is 6.67. The lowest BCUT2D eigenvalue weighted by atomic mass is 9.99. The average molecular weight is 200 g/mol. The molecule has 2 fully saturated rings. The molecule has 4 heteroatoms. The van der Waals surface area contributed by atoms with Crippen LogP contribution in [0.2, 0.25) is 0 Å². The van der Waals surface area contributed by atoms with Crippen molar-refractivity contribution in [2.24, 2.45) is 11.8 Å². The molecule has 0 aromatic carbocycles. The van der Waals surface area contributed by atoms with E-state index < -0.39 is 5.79 Å². The van der Waals surface area contributed by atoms with Gasteiger partial charge >= 0.3 is 5.97 Å². The van der Waals surface area contributed by atoms with Crippen LogP contribution in [0.4, 0.5) is 0 Å². The van der Waals surface area contributed by atoms with Gasteiger partial charge < -0.3 is 14.2 Å². The number of carbonyl (C=O) groups is 1. The molecule has 0 bridgehead atoms. The number of rotatable bonds is 1. The molecule has 2 rings (SSSR count). The van der Waals surface area contributed by atoms with Crippen LogP contribution in [0.5, 0.6) is 0 Å². The second kappa shape index (κ2) is 3.51. The zero-order chi connectivity index (χ0) is 10.2. The lowest BCUT2D eigenvalue weighted by Gasteiger charge is -2.20. The minimum absolute atomic E-state index is 0.0712. The van der Waals surface area contributed by atoms with Crippen molar-refractivity contribution < 1.29 is 19.0 Å². The summed E-state index contributed by atoms with van der Waals surface area (Å²) in [7, 11) is 1.43. The highest BCUT2D eigenvalue weighted by atomic mass is 16.7. The van der Waals surface area contributed by atoms with Gasteiger partial charge in [-0.1, -0.05) is 6.92 Å². The number of esters is 1. The van der Waals surface area contributed by atoms with Crippen molar-refractivity contribution in [3.05, 3.63) is 0 Å². The van der Waals surface area contributed by atoms with E-state index in [1.807, 2.05) is 6.92 Å². The Bertz CT molecular complexity index is 232. The van der Waals surface area contributed by atoms with Gasteiger partial charge in [-0.3, -0.25) is 4.79 Å². The Morgan fingerprint density at radius 1 is 1.36 bits per heavy atom. The summed E-state index contributed by atoms with van der Waals surface area (Å²) in [4.78, 5) is 11.4. The fraction of sp³-hybridized carbons (Fsp3) is 0.900. The van der Waals surface area contributed by atoms with Crippen molar-refractivity contribution in [2.75, 3.05) is 20.3 Å². The maximum atomic E-state index is 11.4. The Morgan fingerprint density at radius 3 is 2.57 bits per heavy atom. The van der Waals surface area contributed by atoms with Crippen LogP contribution in [0.15, 0.2) is 0 Å². The largest absolute Gasteiger partial charge is 0.469 e. The lowest BCUT2D eigenvalue weighted by molar-refractivity contribution is -0.161. The van der Waals surface area contributed by atoms with Gasteiger partial charge in [0, 0.05) is 12.8 Å². The number of methoxy groups -OCH3 is 1. The summed E-state index contributed by atoms with van der Waals surface area (Å²) in [6.45, 7) is 3.32. The van der Waals surface area contributed by atoms with E-state index in [0.29, 0.717) is 19.6 Å². The van der Waals surface area contributed by atoms with Crippen molar-refractivity contribution in [3.8, 4) is 0 Å². The minimum Gasteiger partial charge on any atom is -0.469 e. The van der Waals surface area contributed by atoms with Crippen LogP contribution >= 0.6 is 0 Å². The standard InChI is InChI=1S/C10H16O4/c1-7-5-10(13-3-4-14-10)6-8(7)9(11)12-2/h7-8H,3-6H2,1-2H3/t7-,8+/m1/s1. The molecule has 1 aliphatic heterocycles. The maximum absolute atomic E-state index is 11.4. The monoisotopic (exact) mass is 200 g/mol. The third kappa shape index (κ3) is 1.53. The fourth-order valence-corrected chi connectivity index (χ4v) is 2.45. The molecule has 1 heterocycles. The van der Waals surface area contributed by atoms with E-state index in [0.717, 1.165) is 6.42 Å². The van der Waals surface area contributed by atoms with Crippen LogP contribution in [0.25, 0.3) is 0 Å². The molecule has 14 heavy (non-hydrogen) atoms. The Morgan fingerprint density at radius 2 is 2.00 bits per heavy atom. The van der Waals surface area contributed by atoms with Crippen LogP contribution in [0.1, 0.15) is 19.8 Å². The summed E-state index contributed by atoms with van der Waals surface area (Å²) in [5.41, 5.74) is 0. The van der Waals surface area contributed by atoms with Gasteiger partial charge in [-0.2, -0.15) is 0 Å². The third-order valence-corrected chi connectivity index (χ3v) is 3.17. The number of hydrogen-bond donors (Lipinski definition) is 0. The summed E-state index contributed by atoms with van der Waals surface area (Å²) in [5, 5.41) is 0. The van der Waals surface area contributed by atoms with Crippen molar-refractivity contribution in [1.29, 1.82) is 0 Å². The molecule has 0 unspecified atom stereocenters. The van der Waals surface area contributed by atoms with E-state index in [-0.39, 0.29) is 17.8 Å². The first-order valence-corrected chi connectivity index (χ1v) is 5.03. The van der Waals surface area contributed by atoms with Crippen LogP contribution in [-0.4, -0.2) is 32.1 Å². The molecule has 1 aliphatic carbocycles. The molecule has 0 radical (unpaired) electrons. The molecule has 0 aromatic rings. The smallest absolute Gasteiger partial charge is 0.309 e. The summed E-state index contributed by atoms with van der Waals surface area (Å²) in [5.74, 6) is -0.426. The van der Waals surface area contributed by atoms with Crippen molar-refractivity contribution in [1.82, 2.24) is 0 Å². The van der Waals surface area contributed by atoms with Gasteiger partial charge in [0.05, 0.1) is 26.2 Å². The van der Waals surface area contributed by atoms with Gasteiger partial charge in [0.15, 0.2) is 5.79 Å². The summed E-state index contributed by atoms with van der Waals surface area (Å²) >= 11 is 0. The molecule has 0 aromatic heterocycles. The van der Waals surface area contributed by atoms with E-state index >= 15 is 0 Å². The average Bonchev–Trinajstić information content (AvgIpc) is 2.74. The molecule has 2 aliphatic rings. The highest BCUT2D eigenvalue weighted by Crippen LogP contribution is 2.44. The zero-order valence-corrected chi connectivity index (χ0v) is 8.62. The van der Waals surface area contributed by atoms with Crippen LogP contribution in [0.3, 0.4) is 0 Å². The summed E-state index contributed by atoms with van der Waals surface area (Å²) in [6.07, 6.45) is 1.44. The molecule has 0 N–H and O–H groups in total. The molecule has 0 amide bonds. The molecular weight excluding hydrogens is 184 g/mol. The Balaban J connectivity index is 2.06. The normalized spacial score (nSPS) is 35.0. The van der Waals surface area contributed by atoms with Crippen LogP contribution < -0.4 is 0 Å². The van der Waals surface area contributed by atoms with Gasteiger partial charge in [-0.05, 0) is 5.92 Å². The van der Waals surface area contributed by atoms with Crippen molar-refractivity contribution >= 4 is 5.97 Å². The maximum Gasteiger partial charge on any atom is 0.309 e. The molecule has 1 saturated carbocycles. The van der Waals surface area contributed by atoms with Gasteiger partial charge in [0.1, 0.15) is 0 Å². The molecular formula is C10H16O4. The van der Waals surface area contributed by atoms with E-state index in [4.69, 9.17) is 14.2 Å². The van der Waals surface area contributed by atoms with Gasteiger partial charge in [0.25, 0.3) is 0 Å². The Kier molecular flexibility index (Phi) is 2.49. The SMILES string of the molecule is COC(=O)[C@H]1CC2(C[C@H]1C)OCCO2. The number of carbonyl (C=O) groups excluding carboxylic acids is 1. The quantitative estimate of drug-likeness (QED) is 0.591. The lowest BCUT2D eigenvalue weighted by Crippen LogP contribution is -2.27. The predicted octanol–water partition coefficient (Wildman–Crippen LogP) is 0.949. The molecule has 4 nitrogen and oxygen atoms in total. The van der Waals surface area contributed by atoms with E-state index in [9.17, 15) is 4.79 Å². The number of ether oxygens (including phenoxy) is 3. The topological polar surface area (TPSA) is 44.8 Å². The second-order valence-electron chi connectivity index (χ2n) is 4.12. The van der Waals surface area contributed by atoms with Gasteiger partial charge in [0.2, 0.25) is 0 Å². The Labute approximate surface area is 83.5 Å². The number of hydrogen-bond acceptors (Lipinski definition) is 4. The molecule has 1 spiro atoms. The third-order valence-electron chi connectivity index (χ3n) is 3.17. The highest BCUT2D eigenvalue weighted by molar-refractivity contribution is 5.73. The summed E-state index contributed by atoms with van der Waals surface area (Å²) in [6, 6.07) is 0. The molecule has 1 saturated heterocycles. The van der Waals surface area contributed by atoms with Crippen LogP contribution in [-0.2, 0) is 19.0 Å². The zero-order valence-electron chi connectivity index (χ0n) is 8.62. The minimum atomic E-state index is -0.488. The van der Waals surface area contributed by atoms with Gasteiger partial charge in [-0.15, -0.1) is 0 Å². The predicted molar refractivity (Wildman–Crippen MR) is 48.5 cm³/mol. The van der Waals surface area contributed by atoms with Crippen molar-refractivity contribution in [3.63, 3.8) is 0 Å². The van der Waals surface area contributed by atoms with E-state index in [1.54, 1.807) is 0 Å².